The molecule has 1 N–H and O–H groups in total. The zero-order chi connectivity index (χ0) is 18.4. The third-order valence-corrected chi connectivity index (χ3v) is 7.00. The zero-order valence-electron chi connectivity index (χ0n) is 15.2. The Kier molecular flexibility index (Phi) is 3.98. The van der Waals surface area contributed by atoms with Crippen LogP contribution in [-0.2, 0) is 21.7 Å². The first-order valence-corrected chi connectivity index (χ1v) is 10.1. The summed E-state index contributed by atoms with van der Waals surface area (Å²) in [6, 6.07) is 12.4. The van der Waals surface area contributed by atoms with Crippen LogP contribution in [0.3, 0.4) is 0 Å². The molecule has 1 fully saturated rings. The average Bonchev–Trinajstić information content (AvgIpc) is 3.43. The number of ether oxygens (including phenoxy) is 1. The molecule has 0 radical (unpaired) electrons. The number of piperidine rings is 1. The zero-order valence-corrected chi connectivity index (χ0v) is 16.0. The number of amides is 1. The summed E-state index contributed by atoms with van der Waals surface area (Å²) in [6.07, 6.45) is 3.72. The molecule has 1 amide bonds. The van der Waals surface area contributed by atoms with Gasteiger partial charge in [0.05, 0.1) is 17.1 Å². The maximum atomic E-state index is 12.4. The summed E-state index contributed by atoms with van der Waals surface area (Å²) >= 11 is 1.49. The molecule has 0 bridgehead atoms. The summed E-state index contributed by atoms with van der Waals surface area (Å²) < 4.78 is 6.24. The molecule has 138 valence electrons. The van der Waals surface area contributed by atoms with Crippen LogP contribution in [0.5, 0.6) is 0 Å². The smallest absolute Gasteiger partial charge is 0.286 e. The quantitative estimate of drug-likeness (QED) is 0.764. The lowest BCUT2D eigenvalue weighted by atomic mass is 9.84. The SMILES string of the molecule is CC(=C1SC(N2CCC3(CC2)OCc2ccccc23)=NC1=O)c1ccc[nH]1. The second kappa shape index (κ2) is 6.39. The van der Waals surface area contributed by atoms with Gasteiger partial charge in [-0.05, 0) is 60.4 Å². The third-order valence-electron chi connectivity index (χ3n) is 5.78. The van der Waals surface area contributed by atoms with E-state index in [1.165, 1.54) is 22.9 Å². The standard InChI is InChI=1S/C21H21N3O2S/c1-14(17-7-4-10-22-17)18-19(25)23-20(27-18)24-11-8-21(9-12-24)16-6-3-2-5-15(16)13-26-21/h2-7,10,22H,8-9,11-13H2,1H3. The Morgan fingerprint density at radius 3 is 2.81 bits per heavy atom. The third kappa shape index (κ3) is 2.75. The van der Waals surface area contributed by atoms with Crippen LogP contribution in [0.25, 0.3) is 5.57 Å². The molecule has 5 nitrogen and oxygen atoms in total. The summed E-state index contributed by atoms with van der Waals surface area (Å²) in [6.45, 7) is 4.37. The van der Waals surface area contributed by atoms with Crippen molar-refractivity contribution in [1.82, 2.24) is 9.88 Å². The first-order chi connectivity index (χ1) is 13.2. The highest BCUT2D eigenvalue weighted by atomic mass is 32.2. The molecule has 5 rings (SSSR count). The second-order valence-electron chi connectivity index (χ2n) is 7.27. The van der Waals surface area contributed by atoms with Crippen molar-refractivity contribution in [3.8, 4) is 0 Å². The van der Waals surface area contributed by atoms with E-state index in [1.807, 2.05) is 25.3 Å². The molecule has 1 spiro atoms. The molecular formula is C21H21N3O2S. The molecule has 0 saturated carbocycles. The van der Waals surface area contributed by atoms with Crippen LogP contribution in [0, 0.1) is 0 Å². The molecule has 3 aliphatic rings. The van der Waals surface area contributed by atoms with Crippen molar-refractivity contribution in [2.75, 3.05) is 13.1 Å². The van der Waals surface area contributed by atoms with Crippen LogP contribution >= 0.6 is 11.8 Å². The van der Waals surface area contributed by atoms with Crippen LogP contribution in [0.1, 0.15) is 36.6 Å². The van der Waals surface area contributed by atoms with Crippen LogP contribution in [0.15, 0.2) is 52.5 Å². The van der Waals surface area contributed by atoms with Crippen molar-refractivity contribution in [3.63, 3.8) is 0 Å². The first-order valence-electron chi connectivity index (χ1n) is 9.29. The van der Waals surface area contributed by atoms with Crippen molar-refractivity contribution >= 4 is 28.4 Å². The first kappa shape index (κ1) is 16.8. The Bertz CT molecular complexity index is 954. The molecule has 3 aliphatic heterocycles. The number of aliphatic imine (C=N–C) groups is 1. The molecule has 0 atom stereocenters. The highest BCUT2D eigenvalue weighted by molar-refractivity contribution is 8.18. The van der Waals surface area contributed by atoms with Gasteiger partial charge >= 0.3 is 0 Å². The van der Waals surface area contributed by atoms with Crippen LogP contribution in [0.4, 0.5) is 0 Å². The summed E-state index contributed by atoms with van der Waals surface area (Å²) in [5.41, 5.74) is 4.40. The number of rotatable bonds is 1. The Labute approximate surface area is 162 Å². The van der Waals surface area contributed by atoms with Gasteiger partial charge in [0.1, 0.15) is 0 Å². The predicted molar refractivity (Wildman–Crippen MR) is 107 cm³/mol. The number of nitrogens with one attached hydrogen (secondary N) is 1. The number of aromatic nitrogens is 1. The summed E-state index contributed by atoms with van der Waals surface area (Å²) in [5, 5.41) is 0.821. The average molecular weight is 379 g/mol. The number of aromatic amines is 1. The maximum Gasteiger partial charge on any atom is 0.286 e. The van der Waals surface area contributed by atoms with Crippen molar-refractivity contribution in [2.24, 2.45) is 4.99 Å². The molecule has 1 saturated heterocycles. The Morgan fingerprint density at radius 2 is 2.04 bits per heavy atom. The van der Waals surface area contributed by atoms with E-state index in [9.17, 15) is 4.79 Å². The number of thioether (sulfide) groups is 1. The lowest BCUT2D eigenvalue weighted by Gasteiger charge is -2.39. The number of fused-ring (bicyclic) bond motifs is 2. The topological polar surface area (TPSA) is 57.7 Å². The van der Waals surface area contributed by atoms with Crippen molar-refractivity contribution in [2.45, 2.75) is 32.0 Å². The second-order valence-corrected chi connectivity index (χ2v) is 8.24. The predicted octanol–water partition coefficient (Wildman–Crippen LogP) is 3.90. The Morgan fingerprint density at radius 1 is 1.22 bits per heavy atom. The van der Waals surface area contributed by atoms with Gasteiger partial charge < -0.3 is 14.6 Å². The fourth-order valence-corrected chi connectivity index (χ4v) is 5.23. The number of hydrogen-bond donors (Lipinski definition) is 1. The van der Waals surface area contributed by atoms with E-state index in [-0.39, 0.29) is 11.5 Å². The number of likely N-dealkylation sites (tertiary alicyclic amines) is 1. The molecule has 27 heavy (non-hydrogen) atoms. The fourth-order valence-electron chi connectivity index (χ4n) is 4.21. The summed E-state index contributed by atoms with van der Waals surface area (Å²) in [7, 11) is 0. The minimum atomic E-state index is -0.167. The molecular weight excluding hydrogens is 358 g/mol. The largest absolute Gasteiger partial charge is 0.365 e. The van der Waals surface area contributed by atoms with Gasteiger partial charge in [-0.1, -0.05) is 24.3 Å². The number of hydrogen-bond acceptors (Lipinski definition) is 4. The van der Waals surface area contributed by atoms with Gasteiger partial charge in [-0.2, -0.15) is 4.99 Å². The number of carbonyl (C=O) groups is 1. The van der Waals surface area contributed by atoms with Gasteiger partial charge in [-0.3, -0.25) is 4.79 Å². The number of carbonyl (C=O) groups excluding carboxylic acids is 1. The molecule has 6 heteroatoms. The number of amidine groups is 1. The molecule has 1 aromatic carbocycles. The number of allylic oxidation sites excluding steroid dienone is 1. The van der Waals surface area contributed by atoms with Crippen LogP contribution in [0.2, 0.25) is 0 Å². The van der Waals surface area contributed by atoms with E-state index in [2.05, 4.69) is 39.1 Å². The van der Waals surface area contributed by atoms with Crippen molar-refractivity contribution in [1.29, 1.82) is 0 Å². The van der Waals surface area contributed by atoms with Crippen molar-refractivity contribution < 1.29 is 9.53 Å². The molecule has 4 heterocycles. The summed E-state index contributed by atoms with van der Waals surface area (Å²) in [4.78, 5) is 22.9. The lowest BCUT2D eigenvalue weighted by Crippen LogP contribution is -2.44. The van der Waals surface area contributed by atoms with E-state index in [1.54, 1.807) is 0 Å². The van der Waals surface area contributed by atoms with E-state index in [0.29, 0.717) is 6.61 Å². The highest BCUT2D eigenvalue weighted by Crippen LogP contribution is 2.45. The fraction of sp³-hybridized carbons (Fsp3) is 0.333. The minimum Gasteiger partial charge on any atom is -0.365 e. The number of nitrogens with zero attached hydrogens (tertiary/aromatic N) is 2. The van der Waals surface area contributed by atoms with Gasteiger partial charge in [0.2, 0.25) is 0 Å². The Balaban J connectivity index is 1.32. The van der Waals surface area contributed by atoms with E-state index < -0.39 is 0 Å². The van der Waals surface area contributed by atoms with Crippen LogP contribution < -0.4 is 0 Å². The highest BCUT2D eigenvalue weighted by Gasteiger charge is 2.43. The summed E-state index contributed by atoms with van der Waals surface area (Å²) in [5.74, 6) is -0.134. The van der Waals surface area contributed by atoms with E-state index >= 15 is 0 Å². The van der Waals surface area contributed by atoms with Crippen molar-refractivity contribution in [3.05, 3.63) is 64.3 Å². The van der Waals surface area contributed by atoms with E-state index in [0.717, 1.165) is 47.3 Å². The van der Waals surface area contributed by atoms with Gasteiger partial charge in [0.25, 0.3) is 5.91 Å². The van der Waals surface area contributed by atoms with Gasteiger partial charge in [0.15, 0.2) is 5.17 Å². The number of H-pyrrole nitrogens is 1. The van der Waals surface area contributed by atoms with E-state index in [4.69, 9.17) is 4.74 Å². The minimum absolute atomic E-state index is 0.134. The monoisotopic (exact) mass is 379 g/mol. The van der Waals surface area contributed by atoms with Gasteiger partial charge in [0, 0.05) is 25.0 Å². The number of benzene rings is 1. The lowest BCUT2D eigenvalue weighted by molar-refractivity contribution is -0.113. The van der Waals surface area contributed by atoms with Crippen LogP contribution in [-0.4, -0.2) is 34.0 Å². The molecule has 0 unspecified atom stereocenters. The van der Waals surface area contributed by atoms with Gasteiger partial charge in [-0.25, -0.2) is 0 Å². The maximum absolute atomic E-state index is 12.4. The molecule has 1 aromatic heterocycles. The molecule has 2 aromatic rings. The molecule has 0 aliphatic carbocycles. The normalized spacial score (nSPS) is 22.9. The Hall–Kier alpha value is -2.31. The van der Waals surface area contributed by atoms with Gasteiger partial charge in [-0.15, -0.1) is 0 Å².